The summed E-state index contributed by atoms with van der Waals surface area (Å²) < 4.78 is 29.8. The fraction of sp³-hybridized carbons (Fsp3) is 0.444. The van der Waals surface area contributed by atoms with E-state index in [1.165, 1.54) is 18.4 Å². The first-order chi connectivity index (χ1) is 7.51. The van der Waals surface area contributed by atoms with E-state index in [4.69, 9.17) is 9.52 Å². The van der Waals surface area contributed by atoms with E-state index >= 15 is 0 Å². The Labute approximate surface area is 92.5 Å². The zero-order valence-corrected chi connectivity index (χ0v) is 9.18. The van der Waals surface area contributed by atoms with Gasteiger partial charge in [-0.15, -0.1) is 0 Å². The first kappa shape index (κ1) is 11.2. The molecule has 0 aliphatic carbocycles. The Hall–Kier alpha value is -1.34. The largest absolute Gasteiger partial charge is 0.481 e. The number of hydrogen-bond donors (Lipinski definition) is 1. The summed E-state index contributed by atoms with van der Waals surface area (Å²) >= 11 is 0. The van der Waals surface area contributed by atoms with Gasteiger partial charge in [0, 0.05) is 13.1 Å². The van der Waals surface area contributed by atoms with Crippen LogP contribution in [0.2, 0.25) is 0 Å². The van der Waals surface area contributed by atoms with Gasteiger partial charge in [-0.3, -0.25) is 4.79 Å². The number of nitrogens with zero attached hydrogens (tertiary/aromatic N) is 1. The minimum atomic E-state index is -3.66. The van der Waals surface area contributed by atoms with Gasteiger partial charge in [0.1, 0.15) is 0 Å². The maximum Gasteiger partial charge on any atom is 0.307 e. The lowest BCUT2D eigenvalue weighted by molar-refractivity contribution is -0.141. The maximum atomic E-state index is 11.9. The molecule has 2 heterocycles. The molecule has 7 heteroatoms. The lowest BCUT2D eigenvalue weighted by Crippen LogP contribution is -2.29. The van der Waals surface area contributed by atoms with Crippen molar-refractivity contribution in [2.75, 3.05) is 13.1 Å². The molecule has 0 bridgehead atoms. The molecular weight excluding hydrogens is 234 g/mol. The van der Waals surface area contributed by atoms with Crippen molar-refractivity contribution >= 4 is 16.0 Å². The highest BCUT2D eigenvalue weighted by molar-refractivity contribution is 7.89. The second-order valence-electron chi connectivity index (χ2n) is 3.62. The molecule has 16 heavy (non-hydrogen) atoms. The zero-order chi connectivity index (χ0) is 11.8. The number of furan rings is 1. The lowest BCUT2D eigenvalue weighted by Gasteiger charge is -2.13. The third-order valence-corrected chi connectivity index (χ3v) is 4.34. The van der Waals surface area contributed by atoms with Crippen LogP contribution in [0, 0.1) is 5.92 Å². The summed E-state index contributed by atoms with van der Waals surface area (Å²) in [6, 6.07) is 2.83. The average molecular weight is 245 g/mol. The van der Waals surface area contributed by atoms with Crippen molar-refractivity contribution in [3.63, 3.8) is 0 Å². The maximum absolute atomic E-state index is 11.9. The van der Waals surface area contributed by atoms with E-state index in [9.17, 15) is 13.2 Å². The number of carboxylic acids is 1. The second-order valence-corrected chi connectivity index (χ2v) is 5.49. The molecule has 1 aliphatic heterocycles. The Morgan fingerprint density at radius 2 is 2.31 bits per heavy atom. The standard InChI is InChI=1S/C9H11NO5S/c11-9(12)7-3-4-10(6-7)16(13,14)8-2-1-5-15-8/h1-2,5,7H,3-4,6H2,(H,11,12)/t7-/m1/s1. The van der Waals surface area contributed by atoms with E-state index in [1.54, 1.807) is 0 Å². The molecule has 1 aliphatic rings. The van der Waals surface area contributed by atoms with Crippen molar-refractivity contribution in [3.8, 4) is 0 Å². The van der Waals surface area contributed by atoms with Crippen molar-refractivity contribution < 1.29 is 22.7 Å². The number of rotatable bonds is 3. The summed E-state index contributed by atoms with van der Waals surface area (Å²) in [7, 11) is -3.66. The van der Waals surface area contributed by atoms with Crippen molar-refractivity contribution in [2.45, 2.75) is 11.5 Å². The predicted octanol–water partition coefficient (Wildman–Crippen LogP) is 0.375. The fourth-order valence-electron chi connectivity index (χ4n) is 1.69. The minimum absolute atomic E-state index is 0.0123. The SMILES string of the molecule is O=C(O)[C@@H]1CCN(S(=O)(=O)c2ccco2)C1. The summed E-state index contributed by atoms with van der Waals surface area (Å²) in [5, 5.41) is 8.64. The Morgan fingerprint density at radius 3 is 2.81 bits per heavy atom. The van der Waals surface area contributed by atoms with Crippen LogP contribution in [-0.4, -0.2) is 36.9 Å². The van der Waals surface area contributed by atoms with Gasteiger partial charge in [-0.25, -0.2) is 8.42 Å². The van der Waals surface area contributed by atoms with E-state index in [-0.39, 0.29) is 18.2 Å². The Kier molecular flexibility index (Phi) is 2.73. The first-order valence-corrected chi connectivity index (χ1v) is 6.22. The molecule has 6 nitrogen and oxygen atoms in total. The zero-order valence-electron chi connectivity index (χ0n) is 8.37. The highest BCUT2D eigenvalue weighted by atomic mass is 32.2. The lowest BCUT2D eigenvalue weighted by atomic mass is 10.1. The van der Waals surface area contributed by atoms with Gasteiger partial charge in [0.2, 0.25) is 5.09 Å². The van der Waals surface area contributed by atoms with E-state index < -0.39 is 21.9 Å². The van der Waals surface area contributed by atoms with Crippen LogP contribution in [0.1, 0.15) is 6.42 Å². The molecule has 1 atom stereocenters. The van der Waals surface area contributed by atoms with Crippen LogP contribution < -0.4 is 0 Å². The molecule has 0 saturated carbocycles. The van der Waals surface area contributed by atoms with Crippen LogP contribution in [0.25, 0.3) is 0 Å². The molecule has 0 radical (unpaired) electrons. The van der Waals surface area contributed by atoms with Crippen molar-refractivity contribution in [1.29, 1.82) is 0 Å². The van der Waals surface area contributed by atoms with Crippen LogP contribution >= 0.6 is 0 Å². The summed E-state index contributed by atoms with van der Waals surface area (Å²) in [6.45, 7) is 0.234. The third-order valence-electron chi connectivity index (χ3n) is 2.59. The van der Waals surface area contributed by atoms with Gasteiger partial charge >= 0.3 is 5.97 Å². The van der Waals surface area contributed by atoms with Gasteiger partial charge in [-0.2, -0.15) is 4.31 Å². The first-order valence-electron chi connectivity index (χ1n) is 4.78. The third kappa shape index (κ3) is 1.83. The highest BCUT2D eigenvalue weighted by Crippen LogP contribution is 2.24. The molecule has 1 fully saturated rings. The molecule has 1 saturated heterocycles. The quantitative estimate of drug-likeness (QED) is 0.831. The monoisotopic (exact) mass is 245 g/mol. The van der Waals surface area contributed by atoms with Gasteiger partial charge in [-0.05, 0) is 18.6 Å². The molecule has 0 unspecified atom stereocenters. The number of sulfonamides is 1. The van der Waals surface area contributed by atoms with E-state index in [2.05, 4.69) is 0 Å². The Morgan fingerprint density at radius 1 is 1.56 bits per heavy atom. The normalized spacial score (nSPS) is 22.4. The molecule has 2 rings (SSSR count). The molecule has 0 aromatic carbocycles. The van der Waals surface area contributed by atoms with Crippen LogP contribution in [0.5, 0.6) is 0 Å². The number of aliphatic carboxylic acids is 1. The van der Waals surface area contributed by atoms with Gasteiger partial charge < -0.3 is 9.52 Å². The molecule has 88 valence electrons. The molecule has 1 aromatic rings. The molecular formula is C9H11NO5S. The van der Waals surface area contributed by atoms with Crippen molar-refractivity contribution in [3.05, 3.63) is 18.4 Å². The number of carboxylic acid groups (broad SMARTS) is 1. The van der Waals surface area contributed by atoms with E-state index in [0.29, 0.717) is 6.42 Å². The minimum Gasteiger partial charge on any atom is -0.481 e. The molecule has 1 N–H and O–H groups in total. The predicted molar refractivity (Wildman–Crippen MR) is 53.2 cm³/mol. The summed E-state index contributed by atoms with van der Waals surface area (Å²) in [5.74, 6) is -1.58. The number of carbonyl (C=O) groups is 1. The number of hydrogen-bond acceptors (Lipinski definition) is 4. The van der Waals surface area contributed by atoms with E-state index in [1.807, 2.05) is 0 Å². The van der Waals surface area contributed by atoms with Gasteiger partial charge in [-0.1, -0.05) is 0 Å². The highest BCUT2D eigenvalue weighted by Gasteiger charge is 2.36. The average Bonchev–Trinajstić information content (AvgIpc) is 2.90. The van der Waals surface area contributed by atoms with E-state index in [0.717, 1.165) is 4.31 Å². The fourth-order valence-corrected chi connectivity index (χ4v) is 3.09. The Bertz CT molecular complexity index is 478. The Balaban J connectivity index is 2.19. The molecule has 1 aromatic heterocycles. The van der Waals surface area contributed by atoms with Crippen molar-refractivity contribution in [1.82, 2.24) is 4.31 Å². The van der Waals surface area contributed by atoms with Gasteiger partial charge in [0.15, 0.2) is 0 Å². The molecule has 0 spiro atoms. The van der Waals surface area contributed by atoms with Crippen molar-refractivity contribution in [2.24, 2.45) is 5.92 Å². The summed E-state index contributed by atoms with van der Waals surface area (Å²) in [5.41, 5.74) is 0. The second kappa shape index (κ2) is 3.91. The van der Waals surface area contributed by atoms with Crippen LogP contribution in [0.4, 0.5) is 0 Å². The summed E-state index contributed by atoms with van der Waals surface area (Å²) in [6.07, 6.45) is 1.62. The molecule has 0 amide bonds. The van der Waals surface area contributed by atoms with Crippen LogP contribution in [0.3, 0.4) is 0 Å². The van der Waals surface area contributed by atoms with Gasteiger partial charge in [0.25, 0.3) is 10.0 Å². The smallest absolute Gasteiger partial charge is 0.307 e. The topological polar surface area (TPSA) is 87.8 Å². The van der Waals surface area contributed by atoms with Crippen LogP contribution in [0.15, 0.2) is 27.9 Å². The van der Waals surface area contributed by atoms with Gasteiger partial charge in [0.05, 0.1) is 12.2 Å². The summed E-state index contributed by atoms with van der Waals surface area (Å²) in [4.78, 5) is 10.7. The van der Waals surface area contributed by atoms with Crippen LogP contribution in [-0.2, 0) is 14.8 Å².